The van der Waals surface area contributed by atoms with Crippen molar-refractivity contribution in [3.05, 3.63) is 29.3 Å². The van der Waals surface area contributed by atoms with Gasteiger partial charge in [-0.05, 0) is 36.8 Å². The minimum atomic E-state index is -0.816. The number of ether oxygens (including phenoxy) is 1. The molecule has 0 spiro atoms. The molecule has 1 aromatic carbocycles. The lowest BCUT2D eigenvalue weighted by molar-refractivity contribution is -0.145. The monoisotopic (exact) mass is 304 g/mol. The van der Waals surface area contributed by atoms with Gasteiger partial charge >= 0.3 is 5.97 Å². The van der Waals surface area contributed by atoms with Crippen molar-refractivity contribution in [2.45, 2.75) is 34.1 Å². The number of carboxylic acids is 1. The Hall–Kier alpha value is -1.84. The molecular weight excluding hydrogens is 280 g/mol. The molecule has 1 saturated carbocycles. The number of benzene rings is 1. The number of carbonyl (C=O) groups excluding carboxylic acids is 1. The number of methoxy groups -OCH3 is 1. The molecule has 0 bridgehead atoms. The molecule has 0 unspecified atom stereocenters. The number of aliphatic carboxylic acids is 1. The summed E-state index contributed by atoms with van der Waals surface area (Å²) in [6.45, 7) is 7.79. The SMILES string of the molecule is COc1ccc(C)cc1C(=O)[C@@H]1C[C@H](C(=O)O)C(C)(C)[C@H]1C. The third kappa shape index (κ3) is 2.62. The number of carbonyl (C=O) groups is 2. The standard InChI is InChI=1S/C18H24O4/c1-10-6-7-15(22-5)13(8-10)16(19)12-9-14(17(20)21)18(3,4)11(12)2/h6-8,11-12,14H,9H2,1-5H3,(H,20,21)/t11-,12+,14+/m0/s1. The van der Waals surface area contributed by atoms with E-state index in [0.29, 0.717) is 17.7 Å². The van der Waals surface area contributed by atoms with Gasteiger partial charge in [0.15, 0.2) is 5.78 Å². The first-order valence-corrected chi connectivity index (χ1v) is 7.61. The van der Waals surface area contributed by atoms with E-state index in [2.05, 4.69) is 0 Å². The maximum Gasteiger partial charge on any atom is 0.307 e. The van der Waals surface area contributed by atoms with Gasteiger partial charge in [0, 0.05) is 5.92 Å². The zero-order valence-corrected chi connectivity index (χ0v) is 13.8. The van der Waals surface area contributed by atoms with Gasteiger partial charge in [-0.3, -0.25) is 9.59 Å². The quantitative estimate of drug-likeness (QED) is 0.864. The van der Waals surface area contributed by atoms with Gasteiger partial charge in [-0.15, -0.1) is 0 Å². The summed E-state index contributed by atoms with van der Waals surface area (Å²) >= 11 is 0. The van der Waals surface area contributed by atoms with E-state index < -0.39 is 17.3 Å². The van der Waals surface area contributed by atoms with Gasteiger partial charge in [0.25, 0.3) is 0 Å². The highest BCUT2D eigenvalue weighted by molar-refractivity contribution is 6.01. The maximum atomic E-state index is 13.0. The largest absolute Gasteiger partial charge is 0.496 e. The Morgan fingerprint density at radius 2 is 1.95 bits per heavy atom. The van der Waals surface area contributed by atoms with E-state index in [4.69, 9.17) is 4.74 Å². The summed E-state index contributed by atoms with van der Waals surface area (Å²) in [7, 11) is 1.55. The Balaban J connectivity index is 2.39. The average molecular weight is 304 g/mol. The third-order valence-corrected chi connectivity index (χ3v) is 5.42. The van der Waals surface area contributed by atoms with Crippen molar-refractivity contribution in [2.75, 3.05) is 7.11 Å². The number of Topliss-reactive ketones (excluding diaryl/α,β-unsaturated/α-hetero) is 1. The molecule has 1 aromatic rings. The third-order valence-electron chi connectivity index (χ3n) is 5.42. The van der Waals surface area contributed by atoms with Crippen LogP contribution in [0.15, 0.2) is 18.2 Å². The number of hydrogen-bond acceptors (Lipinski definition) is 3. The van der Waals surface area contributed by atoms with Crippen molar-refractivity contribution in [1.29, 1.82) is 0 Å². The first kappa shape index (κ1) is 16.5. The summed E-state index contributed by atoms with van der Waals surface area (Å²) in [5.74, 6) is -1.04. The van der Waals surface area contributed by atoms with Gasteiger partial charge in [-0.2, -0.15) is 0 Å². The molecule has 0 aliphatic heterocycles. The first-order chi connectivity index (χ1) is 10.2. The fraction of sp³-hybridized carbons (Fsp3) is 0.556. The second-order valence-electron chi connectivity index (χ2n) is 6.91. The lowest BCUT2D eigenvalue weighted by atomic mass is 9.74. The second kappa shape index (κ2) is 5.75. The van der Waals surface area contributed by atoms with E-state index in [1.165, 1.54) is 0 Å². The first-order valence-electron chi connectivity index (χ1n) is 7.61. The Morgan fingerprint density at radius 1 is 1.32 bits per heavy atom. The molecule has 120 valence electrons. The minimum Gasteiger partial charge on any atom is -0.496 e. The van der Waals surface area contributed by atoms with Gasteiger partial charge in [0.1, 0.15) is 5.75 Å². The topological polar surface area (TPSA) is 63.6 Å². The van der Waals surface area contributed by atoms with Crippen molar-refractivity contribution in [3.63, 3.8) is 0 Å². The zero-order chi connectivity index (χ0) is 16.7. The number of hydrogen-bond donors (Lipinski definition) is 1. The molecule has 1 fully saturated rings. The molecule has 0 amide bonds. The molecule has 0 saturated heterocycles. The van der Waals surface area contributed by atoms with Crippen molar-refractivity contribution >= 4 is 11.8 Å². The fourth-order valence-electron chi connectivity index (χ4n) is 3.56. The van der Waals surface area contributed by atoms with E-state index in [-0.39, 0.29) is 17.6 Å². The van der Waals surface area contributed by atoms with Crippen molar-refractivity contribution in [1.82, 2.24) is 0 Å². The average Bonchev–Trinajstić information content (AvgIpc) is 2.69. The molecule has 2 rings (SSSR count). The molecule has 4 nitrogen and oxygen atoms in total. The van der Waals surface area contributed by atoms with E-state index in [1.807, 2.05) is 39.8 Å². The lowest BCUT2D eigenvalue weighted by Gasteiger charge is -2.29. The van der Waals surface area contributed by atoms with Crippen LogP contribution in [0.2, 0.25) is 0 Å². The molecule has 1 aliphatic carbocycles. The Kier molecular flexibility index (Phi) is 4.32. The van der Waals surface area contributed by atoms with E-state index >= 15 is 0 Å². The highest BCUT2D eigenvalue weighted by Gasteiger charge is 2.52. The summed E-state index contributed by atoms with van der Waals surface area (Å²) in [6, 6.07) is 5.52. The molecule has 3 atom stereocenters. The number of carboxylic acid groups (broad SMARTS) is 1. The Labute approximate surface area is 131 Å². The van der Waals surface area contributed by atoms with Gasteiger partial charge in [0.2, 0.25) is 0 Å². The van der Waals surface area contributed by atoms with Crippen molar-refractivity contribution in [3.8, 4) is 5.75 Å². The van der Waals surface area contributed by atoms with Crippen molar-refractivity contribution < 1.29 is 19.4 Å². The van der Waals surface area contributed by atoms with Gasteiger partial charge in [-0.25, -0.2) is 0 Å². The van der Waals surface area contributed by atoms with Crippen LogP contribution in [0.25, 0.3) is 0 Å². The van der Waals surface area contributed by atoms with Crippen LogP contribution in [0.5, 0.6) is 5.75 Å². The summed E-state index contributed by atoms with van der Waals surface area (Å²) in [5.41, 5.74) is 1.15. The van der Waals surface area contributed by atoms with Crippen molar-refractivity contribution in [2.24, 2.45) is 23.2 Å². The van der Waals surface area contributed by atoms with Gasteiger partial charge in [0.05, 0.1) is 18.6 Å². The van der Waals surface area contributed by atoms with Crippen LogP contribution in [-0.2, 0) is 4.79 Å². The van der Waals surface area contributed by atoms with Crippen LogP contribution in [0.3, 0.4) is 0 Å². The van der Waals surface area contributed by atoms with Crippen LogP contribution < -0.4 is 4.74 Å². The maximum absolute atomic E-state index is 13.0. The van der Waals surface area contributed by atoms with Crippen LogP contribution in [-0.4, -0.2) is 24.0 Å². The molecule has 1 N–H and O–H groups in total. The predicted octanol–water partition coefficient (Wildman–Crippen LogP) is 3.57. The molecule has 0 aromatic heterocycles. The Morgan fingerprint density at radius 3 is 2.45 bits per heavy atom. The normalized spacial score (nSPS) is 26.7. The summed E-state index contributed by atoms with van der Waals surface area (Å²) < 4.78 is 5.31. The van der Waals surface area contributed by atoms with Gasteiger partial charge in [-0.1, -0.05) is 32.4 Å². The summed E-state index contributed by atoms with van der Waals surface area (Å²) in [6.07, 6.45) is 0.388. The second-order valence-corrected chi connectivity index (χ2v) is 6.91. The number of aryl methyl sites for hydroxylation is 1. The molecule has 4 heteroatoms. The van der Waals surface area contributed by atoms with E-state index in [1.54, 1.807) is 13.2 Å². The van der Waals surface area contributed by atoms with Crippen LogP contribution >= 0.6 is 0 Å². The molecule has 0 radical (unpaired) electrons. The smallest absolute Gasteiger partial charge is 0.307 e. The Bertz CT molecular complexity index is 603. The lowest BCUT2D eigenvalue weighted by Crippen LogP contribution is -2.30. The predicted molar refractivity (Wildman–Crippen MR) is 84.2 cm³/mol. The molecule has 22 heavy (non-hydrogen) atoms. The summed E-state index contributed by atoms with van der Waals surface area (Å²) in [4.78, 5) is 24.5. The minimum absolute atomic E-state index is 0.00585. The molecular formula is C18H24O4. The van der Waals surface area contributed by atoms with Gasteiger partial charge < -0.3 is 9.84 Å². The summed E-state index contributed by atoms with van der Waals surface area (Å²) in [5, 5.41) is 9.45. The zero-order valence-electron chi connectivity index (χ0n) is 13.8. The van der Waals surface area contributed by atoms with E-state index in [0.717, 1.165) is 5.56 Å². The molecule has 1 aliphatic rings. The highest BCUT2D eigenvalue weighted by atomic mass is 16.5. The fourth-order valence-corrected chi connectivity index (χ4v) is 3.56. The molecule has 0 heterocycles. The number of rotatable bonds is 4. The highest BCUT2D eigenvalue weighted by Crippen LogP contribution is 2.51. The van der Waals surface area contributed by atoms with E-state index in [9.17, 15) is 14.7 Å². The van der Waals surface area contributed by atoms with Crippen LogP contribution in [0.4, 0.5) is 0 Å². The van der Waals surface area contributed by atoms with Crippen LogP contribution in [0, 0.1) is 30.1 Å². The number of ketones is 1. The van der Waals surface area contributed by atoms with Crippen LogP contribution in [0.1, 0.15) is 43.1 Å².